The van der Waals surface area contributed by atoms with Crippen LogP contribution in [0.4, 0.5) is 60.0 Å². The molecule has 2 aromatic heterocycles. The van der Waals surface area contributed by atoms with Crippen molar-refractivity contribution in [2.75, 3.05) is 29.0 Å². The Hall–Kier alpha value is -6.18. The first kappa shape index (κ1) is 40.6. The highest BCUT2D eigenvalue weighted by Crippen LogP contribution is 2.29. The molecule has 4 aromatic rings. The summed E-state index contributed by atoms with van der Waals surface area (Å²) in [7, 11) is 0. The van der Waals surface area contributed by atoms with Gasteiger partial charge in [0.05, 0.1) is 11.8 Å². The van der Waals surface area contributed by atoms with Crippen LogP contribution in [0.25, 0.3) is 0 Å². The number of benzene rings is 2. The van der Waals surface area contributed by atoms with E-state index >= 15 is 0 Å². The van der Waals surface area contributed by atoms with Crippen LogP contribution in [0.1, 0.15) is 27.9 Å². The van der Waals surface area contributed by atoms with E-state index in [1.54, 1.807) is 35.6 Å². The number of likely N-dealkylation sites (tertiary alicyclic amines) is 1. The molecule has 6 bridgehead atoms. The van der Waals surface area contributed by atoms with Gasteiger partial charge in [0, 0.05) is 48.6 Å². The number of nitrogens with zero attached hydrogens (tertiary/aromatic N) is 4. The summed E-state index contributed by atoms with van der Waals surface area (Å²) < 4.78 is 63.5. The molecule has 2 aromatic carbocycles. The van der Waals surface area contributed by atoms with E-state index in [1.807, 2.05) is 30.3 Å². The van der Waals surface area contributed by atoms with Crippen LogP contribution in [0.5, 0.6) is 0 Å². The van der Waals surface area contributed by atoms with E-state index < -0.39 is 24.3 Å². The van der Waals surface area contributed by atoms with Crippen molar-refractivity contribution in [2.45, 2.75) is 37.7 Å². The Bertz CT molecular complexity index is 1960. The lowest BCUT2D eigenvalue weighted by atomic mass is 10.0. The van der Waals surface area contributed by atoms with Crippen molar-refractivity contribution in [3.63, 3.8) is 0 Å². The van der Waals surface area contributed by atoms with Gasteiger partial charge in [-0.3, -0.25) is 9.78 Å². The van der Waals surface area contributed by atoms with E-state index in [1.165, 1.54) is 0 Å². The lowest BCUT2D eigenvalue weighted by Crippen LogP contribution is -2.40. The minimum Gasteiger partial charge on any atom is -0.475 e. The van der Waals surface area contributed by atoms with Crippen molar-refractivity contribution in [2.24, 2.45) is 0 Å². The number of pyridine rings is 1. The Morgan fingerprint density at radius 1 is 0.870 bits per heavy atom. The highest BCUT2D eigenvalue weighted by atomic mass is 35.5. The maximum atomic E-state index is 13.0. The highest BCUT2D eigenvalue weighted by molar-refractivity contribution is 6.32. The van der Waals surface area contributed by atoms with Crippen LogP contribution >= 0.6 is 11.6 Å². The lowest BCUT2D eigenvalue weighted by molar-refractivity contribution is -0.193. The highest BCUT2D eigenvalue weighted by Gasteiger charge is 2.39. The van der Waals surface area contributed by atoms with E-state index in [9.17, 15) is 35.9 Å². The molecule has 286 valence electrons. The molecule has 6 rings (SSSR count). The van der Waals surface area contributed by atoms with Crippen molar-refractivity contribution in [1.29, 1.82) is 0 Å². The molecule has 0 unspecified atom stereocenters. The van der Waals surface area contributed by atoms with Gasteiger partial charge in [-0.25, -0.2) is 19.4 Å². The van der Waals surface area contributed by atoms with Crippen LogP contribution in [-0.4, -0.2) is 85.4 Å². The predicted molar refractivity (Wildman–Crippen MR) is 182 cm³/mol. The van der Waals surface area contributed by atoms with Gasteiger partial charge in [-0.1, -0.05) is 23.7 Å². The van der Waals surface area contributed by atoms with Crippen molar-refractivity contribution in [3.05, 3.63) is 94.9 Å². The molecule has 3 amide bonds. The fraction of sp³-hybridized carbons (Fsp3) is 0.242. The molecule has 4 heterocycles. The Balaban J connectivity index is 0.000000396. The summed E-state index contributed by atoms with van der Waals surface area (Å²) in [6, 6.07) is 16.8. The van der Waals surface area contributed by atoms with Gasteiger partial charge in [0.15, 0.2) is 5.82 Å². The smallest absolute Gasteiger partial charge is 0.475 e. The van der Waals surface area contributed by atoms with E-state index in [-0.39, 0.29) is 18.0 Å². The zero-order chi connectivity index (χ0) is 39.6. The summed E-state index contributed by atoms with van der Waals surface area (Å²) in [4.78, 5) is 58.1. The van der Waals surface area contributed by atoms with Crippen LogP contribution in [0.15, 0.2) is 73.2 Å². The Morgan fingerprint density at radius 3 is 2.20 bits per heavy atom. The van der Waals surface area contributed by atoms with Crippen LogP contribution in [0.2, 0.25) is 5.02 Å². The molecule has 0 saturated carbocycles. The van der Waals surface area contributed by atoms with E-state index in [2.05, 4.69) is 48.4 Å². The summed E-state index contributed by atoms with van der Waals surface area (Å²) >= 11 is 6.37. The molecule has 2 aliphatic heterocycles. The molecule has 0 spiro atoms. The zero-order valence-corrected chi connectivity index (χ0v) is 28.3. The number of carbonyl (C=O) groups excluding carboxylic acids is 2. The number of hydrogen-bond acceptors (Lipinski definition) is 9. The molecule has 2 aliphatic rings. The number of aliphatic carboxylic acids is 2. The van der Waals surface area contributed by atoms with Gasteiger partial charge in [0.1, 0.15) is 5.02 Å². The third-order valence-corrected chi connectivity index (χ3v) is 7.71. The number of aromatic nitrogens is 3. The zero-order valence-electron chi connectivity index (χ0n) is 27.5. The molecule has 54 heavy (non-hydrogen) atoms. The first-order chi connectivity index (χ1) is 25.4. The van der Waals surface area contributed by atoms with Crippen molar-refractivity contribution < 1.29 is 55.7 Å². The van der Waals surface area contributed by atoms with E-state index in [4.69, 9.17) is 31.4 Å². The molecule has 1 atom stereocenters. The molecular weight excluding hydrogens is 754 g/mol. The molecule has 6 N–H and O–H groups in total. The Kier molecular flexibility index (Phi) is 13.2. The summed E-state index contributed by atoms with van der Waals surface area (Å²) in [6.07, 6.45) is -3.27. The normalized spacial score (nSPS) is 14.7. The minimum absolute atomic E-state index is 0.0812. The average Bonchev–Trinajstić information content (AvgIpc) is 3.57. The predicted octanol–water partition coefficient (Wildman–Crippen LogP) is 6.41. The Labute approximate surface area is 306 Å². The number of carbonyl (C=O) groups is 4. The molecule has 1 saturated heterocycles. The van der Waals surface area contributed by atoms with Crippen LogP contribution in [-0.2, 0) is 22.4 Å². The van der Waals surface area contributed by atoms with Crippen molar-refractivity contribution >= 4 is 64.3 Å². The number of amides is 3. The monoisotopic (exact) mass is 782 g/mol. The summed E-state index contributed by atoms with van der Waals surface area (Å²) in [5.41, 5.74) is 5.02. The molecular formula is C33H29ClF6N8O6. The number of nitrogens with one attached hydrogen (secondary N) is 4. The van der Waals surface area contributed by atoms with Gasteiger partial charge in [0.2, 0.25) is 5.95 Å². The summed E-state index contributed by atoms with van der Waals surface area (Å²) in [5.74, 6) is -4.68. The fourth-order valence-electron chi connectivity index (χ4n) is 4.94. The number of fused-ring (bicyclic) bond motifs is 6. The molecule has 21 heteroatoms. The number of hydrogen-bond donors (Lipinski definition) is 6. The topological polar surface area (TPSA) is 199 Å². The van der Waals surface area contributed by atoms with Crippen molar-refractivity contribution in [1.82, 2.24) is 25.2 Å². The number of urea groups is 1. The van der Waals surface area contributed by atoms with Gasteiger partial charge >= 0.3 is 30.3 Å². The van der Waals surface area contributed by atoms with Gasteiger partial charge in [-0.05, 0) is 72.9 Å². The van der Waals surface area contributed by atoms with Crippen LogP contribution in [0.3, 0.4) is 0 Å². The standard InChI is InChI=1S/C29H27ClN8O2.2C2HF3O2/c30-24-16-32-28-34-21-5-1-3-18(13-21)6-7-19-14-22(33-26(24)37-28)8-9-25(19)36-29(40)35-23-10-12-38(17-23)27(39)20-4-2-11-31-15-20;2*3-2(4,5)1(6)7/h1-5,8-9,11,13-16,23H,6-7,10,12,17H2,(H2,35,36,40)(H2,32,33,34,37);2*(H,6,7)/t23-;;/m0../s1. The Morgan fingerprint density at radius 2 is 1.56 bits per heavy atom. The third kappa shape index (κ3) is 11.9. The number of aryl methyl sites for hydroxylation is 2. The maximum Gasteiger partial charge on any atom is 0.490 e. The second-order valence-corrected chi connectivity index (χ2v) is 11.8. The average molecular weight is 783 g/mol. The summed E-state index contributed by atoms with van der Waals surface area (Å²) in [5, 5.41) is 27.2. The van der Waals surface area contributed by atoms with Crippen molar-refractivity contribution in [3.8, 4) is 0 Å². The molecule has 1 fully saturated rings. The van der Waals surface area contributed by atoms with Gasteiger partial charge in [-0.2, -0.15) is 31.3 Å². The fourth-order valence-corrected chi connectivity index (χ4v) is 5.08. The summed E-state index contributed by atoms with van der Waals surface area (Å²) in [6.45, 7) is 1.02. The number of anilines is 5. The van der Waals surface area contributed by atoms with Crippen LogP contribution in [0, 0.1) is 0 Å². The first-order valence-electron chi connectivity index (χ1n) is 15.5. The maximum absolute atomic E-state index is 13.0. The van der Waals surface area contributed by atoms with E-state index in [0.717, 1.165) is 28.9 Å². The quantitative estimate of drug-likeness (QED) is 0.126. The van der Waals surface area contributed by atoms with Gasteiger partial charge in [0.25, 0.3) is 5.91 Å². The molecule has 0 radical (unpaired) electrons. The van der Waals surface area contributed by atoms with Gasteiger partial charge < -0.3 is 36.4 Å². The molecule has 0 aliphatic carbocycles. The number of carboxylic acid groups (broad SMARTS) is 2. The number of halogens is 7. The second kappa shape index (κ2) is 17.6. The van der Waals surface area contributed by atoms with Crippen LogP contribution < -0.4 is 21.3 Å². The van der Waals surface area contributed by atoms with E-state index in [0.29, 0.717) is 54.0 Å². The minimum atomic E-state index is -5.08. The number of alkyl halides is 6. The lowest BCUT2D eigenvalue weighted by Gasteiger charge is -2.18. The third-order valence-electron chi connectivity index (χ3n) is 7.43. The largest absolute Gasteiger partial charge is 0.490 e. The molecule has 14 nitrogen and oxygen atoms in total. The SMILES string of the molecule is O=C(Nc1ccc2cc1CCc1cccc(c1)Nc1ncc(Cl)c(n1)N2)N[C@H]1CCN(C(=O)c2cccnc2)C1.O=C(O)C(F)(F)F.O=C(O)C(F)(F)F. The number of rotatable bonds is 3. The van der Waals surface area contributed by atoms with Gasteiger partial charge in [-0.15, -0.1) is 0 Å². The first-order valence-corrected chi connectivity index (χ1v) is 15.9. The number of carboxylic acids is 2. The second-order valence-electron chi connectivity index (χ2n) is 11.4.